The molecule has 6 nitrogen and oxygen atoms in total. The smallest absolute Gasteiger partial charge is 0.223 e. The SMILES string of the molecule is Cn1cc(CCC(=O)N2CCC[C@H]2c2ncc3c(n2)CCNC3)c2ccccc21. The van der Waals surface area contributed by atoms with Gasteiger partial charge in [-0.05, 0) is 30.9 Å². The molecule has 2 aromatic heterocycles. The van der Waals surface area contributed by atoms with E-state index in [1.54, 1.807) is 0 Å². The number of fused-ring (bicyclic) bond motifs is 2. The van der Waals surface area contributed by atoms with Crippen molar-refractivity contribution in [2.45, 2.75) is 44.7 Å². The summed E-state index contributed by atoms with van der Waals surface area (Å²) in [6.45, 7) is 2.61. The number of amides is 1. The Bertz CT molecular complexity index is 1060. The first-order valence-corrected chi connectivity index (χ1v) is 10.6. The molecule has 1 amide bonds. The predicted molar refractivity (Wildman–Crippen MR) is 112 cm³/mol. The average Bonchev–Trinajstić information content (AvgIpc) is 3.37. The van der Waals surface area contributed by atoms with Gasteiger partial charge in [-0.1, -0.05) is 18.2 Å². The van der Waals surface area contributed by atoms with Crippen molar-refractivity contribution in [3.8, 4) is 0 Å². The maximum Gasteiger partial charge on any atom is 0.223 e. The summed E-state index contributed by atoms with van der Waals surface area (Å²) in [5, 5.41) is 4.60. The van der Waals surface area contributed by atoms with Crippen molar-refractivity contribution < 1.29 is 4.79 Å². The minimum absolute atomic E-state index is 0.0233. The molecule has 0 unspecified atom stereocenters. The first-order chi connectivity index (χ1) is 14.2. The number of carbonyl (C=O) groups excluding carboxylic acids is 1. The molecule has 4 heterocycles. The van der Waals surface area contributed by atoms with Gasteiger partial charge in [-0.15, -0.1) is 0 Å². The number of hydrogen-bond donors (Lipinski definition) is 1. The van der Waals surface area contributed by atoms with Crippen molar-refractivity contribution in [1.82, 2.24) is 24.8 Å². The summed E-state index contributed by atoms with van der Waals surface area (Å²) in [5.74, 6) is 1.03. The molecular weight excluding hydrogens is 362 g/mol. The van der Waals surface area contributed by atoms with Crippen LogP contribution in [0.4, 0.5) is 0 Å². The van der Waals surface area contributed by atoms with Crippen molar-refractivity contribution in [1.29, 1.82) is 0 Å². The lowest BCUT2D eigenvalue weighted by Crippen LogP contribution is -2.32. The number of para-hydroxylation sites is 1. The summed E-state index contributed by atoms with van der Waals surface area (Å²) in [5.41, 5.74) is 4.78. The second-order valence-corrected chi connectivity index (χ2v) is 8.15. The van der Waals surface area contributed by atoms with E-state index in [1.807, 2.05) is 11.1 Å². The molecule has 150 valence electrons. The maximum atomic E-state index is 13.1. The van der Waals surface area contributed by atoms with Crippen molar-refractivity contribution in [2.75, 3.05) is 13.1 Å². The lowest BCUT2D eigenvalue weighted by atomic mass is 10.1. The number of rotatable bonds is 4. The Morgan fingerprint density at radius 1 is 1.31 bits per heavy atom. The van der Waals surface area contributed by atoms with Gasteiger partial charge in [-0.3, -0.25) is 4.79 Å². The molecule has 0 saturated carbocycles. The third-order valence-corrected chi connectivity index (χ3v) is 6.29. The number of aromatic nitrogens is 3. The lowest BCUT2D eigenvalue weighted by molar-refractivity contribution is -0.132. The van der Waals surface area contributed by atoms with Crippen LogP contribution in [0.5, 0.6) is 0 Å². The highest BCUT2D eigenvalue weighted by Crippen LogP contribution is 2.31. The zero-order valence-corrected chi connectivity index (χ0v) is 16.9. The summed E-state index contributed by atoms with van der Waals surface area (Å²) in [7, 11) is 2.06. The van der Waals surface area contributed by atoms with E-state index in [2.05, 4.69) is 52.4 Å². The molecule has 6 heteroatoms. The summed E-state index contributed by atoms with van der Waals surface area (Å²) in [4.78, 5) is 24.6. The zero-order valence-electron chi connectivity index (χ0n) is 16.9. The van der Waals surface area contributed by atoms with Crippen molar-refractivity contribution in [3.63, 3.8) is 0 Å². The molecule has 0 spiro atoms. The number of carbonyl (C=O) groups is 1. The third kappa shape index (κ3) is 3.42. The number of nitrogens with zero attached hydrogens (tertiary/aromatic N) is 4. The Morgan fingerprint density at radius 2 is 2.21 bits per heavy atom. The molecular formula is C23H27N5O. The molecule has 1 atom stereocenters. The van der Waals surface area contributed by atoms with Crippen molar-refractivity contribution >= 4 is 16.8 Å². The van der Waals surface area contributed by atoms with Crippen LogP contribution in [0, 0.1) is 0 Å². The number of likely N-dealkylation sites (tertiary alicyclic amines) is 1. The predicted octanol–water partition coefficient (Wildman–Crippen LogP) is 2.91. The number of benzene rings is 1. The Hall–Kier alpha value is -2.73. The molecule has 2 aliphatic heterocycles. The number of aryl methyl sites for hydroxylation is 2. The normalized spacial score (nSPS) is 18.9. The van der Waals surface area contributed by atoms with Crippen molar-refractivity contribution in [3.05, 3.63) is 59.3 Å². The Morgan fingerprint density at radius 3 is 3.14 bits per heavy atom. The Labute approximate surface area is 171 Å². The summed E-state index contributed by atoms with van der Waals surface area (Å²) in [6.07, 6.45) is 8.30. The van der Waals surface area contributed by atoms with Gasteiger partial charge < -0.3 is 14.8 Å². The second kappa shape index (κ2) is 7.59. The first-order valence-electron chi connectivity index (χ1n) is 10.6. The molecule has 29 heavy (non-hydrogen) atoms. The topological polar surface area (TPSA) is 63.1 Å². The average molecular weight is 390 g/mol. The van der Waals surface area contributed by atoms with Gasteiger partial charge in [0.2, 0.25) is 5.91 Å². The fourth-order valence-electron chi connectivity index (χ4n) is 4.76. The largest absolute Gasteiger partial charge is 0.350 e. The van der Waals surface area contributed by atoms with Gasteiger partial charge in [-0.2, -0.15) is 0 Å². The van der Waals surface area contributed by atoms with Gasteiger partial charge in [0.15, 0.2) is 5.82 Å². The third-order valence-electron chi connectivity index (χ3n) is 6.29. The summed E-state index contributed by atoms with van der Waals surface area (Å²) in [6, 6.07) is 8.41. The molecule has 0 radical (unpaired) electrons. The van der Waals surface area contributed by atoms with Crippen LogP contribution in [0.3, 0.4) is 0 Å². The van der Waals surface area contributed by atoms with E-state index >= 15 is 0 Å². The van der Waals surface area contributed by atoms with Gasteiger partial charge in [0.25, 0.3) is 0 Å². The van der Waals surface area contributed by atoms with Crippen LogP contribution in [0.25, 0.3) is 10.9 Å². The number of nitrogens with one attached hydrogen (secondary N) is 1. The minimum Gasteiger partial charge on any atom is -0.350 e. The Kier molecular flexibility index (Phi) is 4.79. The molecule has 3 aromatic rings. The second-order valence-electron chi connectivity index (χ2n) is 8.15. The maximum absolute atomic E-state index is 13.1. The van der Waals surface area contributed by atoms with Crippen LogP contribution in [0.2, 0.25) is 0 Å². The van der Waals surface area contributed by atoms with Crippen LogP contribution >= 0.6 is 0 Å². The van der Waals surface area contributed by atoms with E-state index in [0.29, 0.717) is 6.42 Å². The van der Waals surface area contributed by atoms with Gasteiger partial charge in [-0.25, -0.2) is 9.97 Å². The van der Waals surface area contributed by atoms with Gasteiger partial charge in [0, 0.05) is 74.1 Å². The van der Waals surface area contributed by atoms with Gasteiger partial charge in [0.05, 0.1) is 6.04 Å². The highest BCUT2D eigenvalue weighted by molar-refractivity contribution is 5.85. The van der Waals surface area contributed by atoms with Crippen LogP contribution in [0.15, 0.2) is 36.7 Å². The van der Waals surface area contributed by atoms with Gasteiger partial charge >= 0.3 is 0 Å². The highest BCUT2D eigenvalue weighted by atomic mass is 16.2. The van der Waals surface area contributed by atoms with Crippen LogP contribution in [-0.2, 0) is 31.2 Å². The van der Waals surface area contributed by atoms with E-state index in [1.165, 1.54) is 22.0 Å². The molecule has 0 aliphatic carbocycles. The molecule has 1 N–H and O–H groups in total. The fraction of sp³-hybridized carbons (Fsp3) is 0.435. The van der Waals surface area contributed by atoms with E-state index in [9.17, 15) is 4.79 Å². The zero-order chi connectivity index (χ0) is 19.8. The van der Waals surface area contributed by atoms with E-state index in [0.717, 1.165) is 56.8 Å². The summed E-state index contributed by atoms with van der Waals surface area (Å²) < 4.78 is 2.14. The summed E-state index contributed by atoms with van der Waals surface area (Å²) >= 11 is 0. The molecule has 0 bridgehead atoms. The van der Waals surface area contributed by atoms with Crippen LogP contribution in [0.1, 0.15) is 47.9 Å². The molecule has 1 aromatic carbocycles. The standard InChI is InChI=1S/C23H27N5O/c1-27-15-16(18-5-2-3-6-20(18)27)8-9-22(29)28-12-4-7-21(28)23-25-14-17-13-24-11-10-19(17)26-23/h2-3,5-6,14-15,21,24H,4,7-13H2,1H3/t21-/m0/s1. The fourth-order valence-corrected chi connectivity index (χ4v) is 4.76. The van der Waals surface area contributed by atoms with Crippen LogP contribution < -0.4 is 5.32 Å². The monoisotopic (exact) mass is 389 g/mol. The van der Waals surface area contributed by atoms with Crippen molar-refractivity contribution in [2.24, 2.45) is 7.05 Å². The minimum atomic E-state index is 0.0233. The lowest BCUT2D eigenvalue weighted by Gasteiger charge is -2.25. The quantitative estimate of drug-likeness (QED) is 0.745. The van der Waals surface area contributed by atoms with E-state index in [-0.39, 0.29) is 11.9 Å². The Balaban J connectivity index is 1.31. The van der Waals surface area contributed by atoms with Gasteiger partial charge in [0.1, 0.15) is 0 Å². The molecule has 1 saturated heterocycles. The molecule has 2 aliphatic rings. The first kappa shape index (κ1) is 18.3. The van der Waals surface area contributed by atoms with Crippen LogP contribution in [-0.4, -0.2) is 38.4 Å². The number of hydrogen-bond acceptors (Lipinski definition) is 4. The highest BCUT2D eigenvalue weighted by Gasteiger charge is 2.32. The molecule has 5 rings (SSSR count). The molecule has 1 fully saturated rings. The van der Waals surface area contributed by atoms with E-state index < -0.39 is 0 Å². The van der Waals surface area contributed by atoms with E-state index in [4.69, 9.17) is 4.98 Å².